The third-order valence-electron chi connectivity index (χ3n) is 2.83. The molecule has 0 heterocycles. The molecule has 0 unspecified atom stereocenters. The van der Waals surface area contributed by atoms with Gasteiger partial charge < -0.3 is 4.74 Å². The summed E-state index contributed by atoms with van der Waals surface area (Å²) in [6, 6.07) is 18.1. The lowest BCUT2D eigenvalue weighted by molar-refractivity contribution is -0.137. The minimum absolute atomic E-state index is 0.302. The van der Waals surface area contributed by atoms with E-state index in [1.807, 2.05) is 61.5 Å². The first-order valence-corrected chi connectivity index (χ1v) is 7.82. The lowest BCUT2D eigenvalue weighted by Crippen LogP contribution is -2.03. The Kier molecular flexibility index (Phi) is 6.10. The molecule has 2 aromatic rings. The van der Waals surface area contributed by atoms with Crippen LogP contribution in [0.3, 0.4) is 0 Å². The molecule has 21 heavy (non-hydrogen) atoms. The quantitative estimate of drug-likeness (QED) is 0.343. The Labute approximate surface area is 129 Å². The third-order valence-corrected chi connectivity index (χ3v) is 3.81. The van der Waals surface area contributed by atoms with Gasteiger partial charge >= 0.3 is 5.97 Å². The molecule has 3 heteroatoms. The Balaban J connectivity index is 1.69. The van der Waals surface area contributed by atoms with Crippen molar-refractivity contribution < 1.29 is 9.53 Å². The van der Waals surface area contributed by atoms with Gasteiger partial charge in [-0.1, -0.05) is 48.0 Å². The van der Waals surface area contributed by atoms with Crippen LogP contribution in [-0.2, 0) is 9.53 Å². The molecule has 0 saturated heterocycles. The van der Waals surface area contributed by atoms with Crippen LogP contribution in [0.1, 0.15) is 11.1 Å². The van der Waals surface area contributed by atoms with Crippen LogP contribution in [0.15, 0.2) is 65.6 Å². The van der Waals surface area contributed by atoms with E-state index < -0.39 is 0 Å². The lowest BCUT2D eigenvalue weighted by Gasteiger charge is -2.02. The second-order valence-electron chi connectivity index (χ2n) is 4.57. The molecule has 0 aromatic heterocycles. The number of esters is 1. The fourth-order valence-electron chi connectivity index (χ4n) is 1.71. The summed E-state index contributed by atoms with van der Waals surface area (Å²) >= 11 is 1.68. The standard InChI is InChI=1S/C18H18O2S/c1-15-7-9-16(10-8-15)11-12-18(19)20-13-14-21-17-5-3-2-4-6-17/h2-12H,13-14H2,1H3/b12-11+. The SMILES string of the molecule is Cc1ccc(/C=C/C(=O)OCCSc2ccccc2)cc1. The number of benzene rings is 2. The fourth-order valence-corrected chi connectivity index (χ4v) is 2.46. The summed E-state index contributed by atoms with van der Waals surface area (Å²) in [7, 11) is 0. The van der Waals surface area contributed by atoms with Gasteiger partial charge in [0, 0.05) is 16.7 Å². The Morgan fingerprint density at radius 3 is 2.52 bits per heavy atom. The number of hydrogen-bond donors (Lipinski definition) is 0. The predicted octanol–water partition coefficient (Wildman–Crippen LogP) is 4.34. The van der Waals surface area contributed by atoms with E-state index in [4.69, 9.17) is 4.74 Å². The maximum absolute atomic E-state index is 11.6. The Morgan fingerprint density at radius 1 is 1.10 bits per heavy atom. The molecular weight excluding hydrogens is 280 g/mol. The number of carbonyl (C=O) groups excluding carboxylic acids is 1. The highest BCUT2D eigenvalue weighted by atomic mass is 32.2. The summed E-state index contributed by atoms with van der Waals surface area (Å²) < 4.78 is 5.16. The molecule has 0 N–H and O–H groups in total. The molecule has 2 nitrogen and oxygen atoms in total. The first-order valence-electron chi connectivity index (χ1n) is 6.83. The van der Waals surface area contributed by atoms with Crippen molar-refractivity contribution in [2.24, 2.45) is 0 Å². The second-order valence-corrected chi connectivity index (χ2v) is 5.74. The largest absolute Gasteiger partial charge is 0.462 e. The molecule has 0 aliphatic heterocycles. The topological polar surface area (TPSA) is 26.3 Å². The monoisotopic (exact) mass is 298 g/mol. The molecule has 0 radical (unpaired) electrons. The van der Waals surface area contributed by atoms with Gasteiger partial charge in [0.05, 0.1) is 0 Å². The van der Waals surface area contributed by atoms with Crippen molar-refractivity contribution in [3.63, 3.8) is 0 Å². The number of carbonyl (C=O) groups is 1. The van der Waals surface area contributed by atoms with E-state index >= 15 is 0 Å². The zero-order valence-electron chi connectivity index (χ0n) is 12.0. The summed E-state index contributed by atoms with van der Waals surface area (Å²) in [4.78, 5) is 12.8. The van der Waals surface area contributed by atoms with Gasteiger partial charge in [-0.15, -0.1) is 11.8 Å². The molecule has 0 amide bonds. The van der Waals surface area contributed by atoms with E-state index in [1.165, 1.54) is 16.5 Å². The van der Waals surface area contributed by atoms with Gasteiger partial charge in [-0.05, 0) is 30.7 Å². The first-order chi connectivity index (χ1) is 10.2. The summed E-state index contributed by atoms with van der Waals surface area (Å²) in [5.41, 5.74) is 2.20. The van der Waals surface area contributed by atoms with Crippen LogP contribution in [-0.4, -0.2) is 18.3 Å². The van der Waals surface area contributed by atoms with Gasteiger partial charge in [-0.25, -0.2) is 4.79 Å². The van der Waals surface area contributed by atoms with Crippen LogP contribution in [0.25, 0.3) is 6.08 Å². The predicted molar refractivity (Wildman–Crippen MR) is 88.3 cm³/mol. The van der Waals surface area contributed by atoms with Gasteiger partial charge in [-0.2, -0.15) is 0 Å². The molecule has 2 rings (SSSR count). The highest BCUT2D eigenvalue weighted by Crippen LogP contribution is 2.16. The van der Waals surface area contributed by atoms with E-state index in [9.17, 15) is 4.79 Å². The van der Waals surface area contributed by atoms with E-state index in [-0.39, 0.29) is 5.97 Å². The van der Waals surface area contributed by atoms with Crippen LogP contribution in [0, 0.1) is 6.92 Å². The van der Waals surface area contributed by atoms with E-state index in [2.05, 4.69) is 0 Å². The molecule has 0 spiro atoms. The molecule has 0 atom stereocenters. The molecule has 0 aliphatic carbocycles. The molecule has 108 valence electrons. The second kappa shape index (κ2) is 8.32. The van der Waals surface area contributed by atoms with Crippen molar-refractivity contribution in [1.82, 2.24) is 0 Å². The van der Waals surface area contributed by atoms with Gasteiger partial charge in [0.15, 0.2) is 0 Å². The van der Waals surface area contributed by atoms with Crippen LogP contribution in [0.5, 0.6) is 0 Å². The number of thioether (sulfide) groups is 1. The van der Waals surface area contributed by atoms with Crippen molar-refractivity contribution in [1.29, 1.82) is 0 Å². The summed E-state index contributed by atoms with van der Waals surface area (Å²) in [6.07, 6.45) is 3.24. The van der Waals surface area contributed by atoms with Crippen molar-refractivity contribution in [2.45, 2.75) is 11.8 Å². The summed E-state index contributed by atoms with van der Waals surface area (Å²) in [6.45, 7) is 2.45. The smallest absolute Gasteiger partial charge is 0.330 e. The number of aryl methyl sites for hydroxylation is 1. The molecular formula is C18H18O2S. The van der Waals surface area contributed by atoms with Crippen LogP contribution < -0.4 is 0 Å². The Hall–Kier alpha value is -2.00. The minimum atomic E-state index is -0.302. The van der Waals surface area contributed by atoms with E-state index in [1.54, 1.807) is 17.8 Å². The highest BCUT2D eigenvalue weighted by molar-refractivity contribution is 7.99. The van der Waals surface area contributed by atoms with Crippen LogP contribution in [0.4, 0.5) is 0 Å². The highest BCUT2D eigenvalue weighted by Gasteiger charge is 1.98. The Morgan fingerprint density at radius 2 is 1.81 bits per heavy atom. The zero-order chi connectivity index (χ0) is 14.9. The number of ether oxygens (including phenoxy) is 1. The van der Waals surface area contributed by atoms with Gasteiger partial charge in [0.2, 0.25) is 0 Å². The van der Waals surface area contributed by atoms with Crippen LogP contribution >= 0.6 is 11.8 Å². The molecule has 0 fully saturated rings. The number of hydrogen-bond acceptors (Lipinski definition) is 3. The maximum Gasteiger partial charge on any atom is 0.330 e. The third kappa shape index (κ3) is 5.88. The van der Waals surface area contributed by atoms with Gasteiger partial charge in [0.25, 0.3) is 0 Å². The van der Waals surface area contributed by atoms with Crippen molar-refractivity contribution in [3.8, 4) is 0 Å². The average molecular weight is 298 g/mol. The van der Waals surface area contributed by atoms with Gasteiger partial charge in [0.1, 0.15) is 6.61 Å². The Bertz CT molecular complexity index is 588. The van der Waals surface area contributed by atoms with Crippen molar-refractivity contribution in [3.05, 3.63) is 71.8 Å². The lowest BCUT2D eigenvalue weighted by atomic mass is 10.1. The normalized spacial score (nSPS) is 10.7. The molecule has 0 saturated carbocycles. The van der Waals surface area contributed by atoms with Crippen LogP contribution in [0.2, 0.25) is 0 Å². The van der Waals surface area contributed by atoms with E-state index in [0.29, 0.717) is 6.61 Å². The number of rotatable bonds is 6. The zero-order valence-corrected chi connectivity index (χ0v) is 12.8. The first kappa shape index (κ1) is 15.4. The van der Waals surface area contributed by atoms with Crippen molar-refractivity contribution in [2.75, 3.05) is 12.4 Å². The van der Waals surface area contributed by atoms with Crippen molar-refractivity contribution >= 4 is 23.8 Å². The van der Waals surface area contributed by atoms with Gasteiger partial charge in [-0.3, -0.25) is 0 Å². The molecule has 0 bridgehead atoms. The molecule has 0 aliphatic rings. The molecule has 2 aromatic carbocycles. The summed E-state index contributed by atoms with van der Waals surface area (Å²) in [5.74, 6) is 0.456. The fraction of sp³-hybridized carbons (Fsp3) is 0.167. The average Bonchev–Trinajstić information content (AvgIpc) is 2.52. The summed E-state index contributed by atoms with van der Waals surface area (Å²) in [5, 5.41) is 0. The minimum Gasteiger partial charge on any atom is -0.462 e. The van der Waals surface area contributed by atoms with E-state index in [0.717, 1.165) is 11.3 Å². The maximum atomic E-state index is 11.6.